The zero-order valence-electron chi connectivity index (χ0n) is 13.2. The molecule has 2 fully saturated rings. The van der Waals surface area contributed by atoms with Gasteiger partial charge in [0.2, 0.25) is 0 Å². The maximum absolute atomic E-state index is 12.9. The van der Waals surface area contributed by atoms with Crippen LogP contribution in [0.3, 0.4) is 0 Å². The van der Waals surface area contributed by atoms with Crippen molar-refractivity contribution in [2.45, 2.75) is 37.8 Å². The molecule has 0 aromatic heterocycles. The van der Waals surface area contributed by atoms with Crippen LogP contribution in [0.25, 0.3) is 0 Å². The third-order valence-corrected chi connectivity index (χ3v) is 4.62. The minimum absolute atomic E-state index is 0.0566. The quantitative estimate of drug-likeness (QED) is 0.861. The van der Waals surface area contributed by atoms with Gasteiger partial charge in [0.15, 0.2) is 11.5 Å². The van der Waals surface area contributed by atoms with E-state index in [1.165, 1.54) is 12.8 Å². The van der Waals surface area contributed by atoms with Crippen molar-refractivity contribution in [3.05, 3.63) is 23.8 Å². The fraction of sp³-hybridized carbons (Fsp3) is 0.588. The van der Waals surface area contributed by atoms with Crippen LogP contribution in [-0.2, 0) is 4.74 Å². The second-order valence-corrected chi connectivity index (χ2v) is 5.83. The highest BCUT2D eigenvalue weighted by Crippen LogP contribution is 2.32. The SMILES string of the molecule is COc1ccc(C(=O)N2CCO[C@@H]3CCCC[C@@H]32)cc1OC. The average Bonchev–Trinajstić information content (AvgIpc) is 2.60. The molecule has 22 heavy (non-hydrogen) atoms. The van der Waals surface area contributed by atoms with Crippen molar-refractivity contribution in [1.29, 1.82) is 0 Å². The molecule has 1 aliphatic heterocycles. The Bertz CT molecular complexity index is 543. The van der Waals surface area contributed by atoms with Crippen molar-refractivity contribution < 1.29 is 19.0 Å². The van der Waals surface area contributed by atoms with Gasteiger partial charge >= 0.3 is 0 Å². The Morgan fingerprint density at radius 1 is 1.18 bits per heavy atom. The van der Waals surface area contributed by atoms with Crippen LogP contribution in [0, 0.1) is 0 Å². The van der Waals surface area contributed by atoms with Gasteiger partial charge in [0.1, 0.15) is 0 Å². The van der Waals surface area contributed by atoms with Gasteiger partial charge in [-0.2, -0.15) is 0 Å². The van der Waals surface area contributed by atoms with Gasteiger partial charge in [-0.05, 0) is 31.0 Å². The summed E-state index contributed by atoms with van der Waals surface area (Å²) in [5.74, 6) is 1.28. The zero-order chi connectivity index (χ0) is 15.5. The van der Waals surface area contributed by atoms with Crippen LogP contribution in [0.15, 0.2) is 18.2 Å². The molecule has 3 rings (SSSR count). The van der Waals surface area contributed by atoms with Crippen LogP contribution in [-0.4, -0.2) is 50.3 Å². The molecule has 2 aliphatic rings. The normalized spacial score (nSPS) is 24.5. The Morgan fingerprint density at radius 3 is 2.73 bits per heavy atom. The molecule has 120 valence electrons. The molecule has 0 N–H and O–H groups in total. The summed E-state index contributed by atoms with van der Waals surface area (Å²) in [6.07, 6.45) is 4.65. The van der Waals surface area contributed by atoms with E-state index in [1.54, 1.807) is 32.4 Å². The average molecular weight is 305 g/mol. The van der Waals surface area contributed by atoms with Crippen LogP contribution in [0.5, 0.6) is 11.5 Å². The van der Waals surface area contributed by atoms with Gasteiger partial charge < -0.3 is 19.1 Å². The first kappa shape index (κ1) is 15.2. The van der Waals surface area contributed by atoms with Crippen molar-refractivity contribution >= 4 is 5.91 Å². The molecule has 1 aliphatic carbocycles. The van der Waals surface area contributed by atoms with Crippen LogP contribution in [0.2, 0.25) is 0 Å². The van der Waals surface area contributed by atoms with E-state index in [2.05, 4.69) is 0 Å². The maximum atomic E-state index is 12.9. The van der Waals surface area contributed by atoms with E-state index < -0.39 is 0 Å². The summed E-state index contributed by atoms with van der Waals surface area (Å²) in [5, 5.41) is 0. The van der Waals surface area contributed by atoms with Gasteiger partial charge in [0, 0.05) is 12.1 Å². The van der Waals surface area contributed by atoms with E-state index in [0.717, 1.165) is 12.8 Å². The topological polar surface area (TPSA) is 48.0 Å². The number of fused-ring (bicyclic) bond motifs is 1. The number of rotatable bonds is 3. The van der Waals surface area contributed by atoms with E-state index in [0.29, 0.717) is 30.2 Å². The van der Waals surface area contributed by atoms with Gasteiger partial charge in [-0.15, -0.1) is 0 Å². The van der Waals surface area contributed by atoms with Crippen LogP contribution in [0.1, 0.15) is 36.0 Å². The standard InChI is InChI=1S/C17H23NO4/c1-20-15-8-7-12(11-16(15)21-2)17(19)18-9-10-22-14-6-4-3-5-13(14)18/h7-8,11,13-14H,3-6,9-10H2,1-2H3/t13-,14+/m0/s1. The summed E-state index contributed by atoms with van der Waals surface area (Å²) in [7, 11) is 3.17. The second-order valence-electron chi connectivity index (χ2n) is 5.83. The van der Waals surface area contributed by atoms with E-state index in [4.69, 9.17) is 14.2 Å². The fourth-order valence-electron chi connectivity index (χ4n) is 3.48. The lowest BCUT2D eigenvalue weighted by Crippen LogP contribution is -2.54. The van der Waals surface area contributed by atoms with Gasteiger partial charge in [-0.25, -0.2) is 0 Å². The Kier molecular flexibility index (Phi) is 4.52. The van der Waals surface area contributed by atoms with Gasteiger partial charge in [0.05, 0.1) is 33.0 Å². The van der Waals surface area contributed by atoms with Crippen LogP contribution in [0.4, 0.5) is 0 Å². The summed E-state index contributed by atoms with van der Waals surface area (Å²) < 4.78 is 16.4. The molecule has 1 aromatic rings. The molecule has 1 saturated heterocycles. The molecular formula is C17H23NO4. The molecule has 0 radical (unpaired) electrons. The monoisotopic (exact) mass is 305 g/mol. The molecule has 1 amide bonds. The molecule has 2 atom stereocenters. The summed E-state index contributed by atoms with van der Waals surface area (Å²) in [5.41, 5.74) is 0.642. The first-order valence-electron chi connectivity index (χ1n) is 7.89. The number of morpholine rings is 1. The Labute approximate surface area is 131 Å². The van der Waals surface area contributed by atoms with Gasteiger partial charge in [-0.1, -0.05) is 12.8 Å². The molecule has 1 aromatic carbocycles. The van der Waals surface area contributed by atoms with Crippen molar-refractivity contribution in [3.8, 4) is 11.5 Å². The van der Waals surface area contributed by atoms with Crippen molar-refractivity contribution in [3.63, 3.8) is 0 Å². The molecule has 5 nitrogen and oxygen atoms in total. The van der Waals surface area contributed by atoms with Crippen molar-refractivity contribution in [1.82, 2.24) is 4.90 Å². The van der Waals surface area contributed by atoms with Crippen molar-refractivity contribution in [2.75, 3.05) is 27.4 Å². The number of ether oxygens (including phenoxy) is 3. The van der Waals surface area contributed by atoms with E-state index in [9.17, 15) is 4.79 Å². The fourth-order valence-corrected chi connectivity index (χ4v) is 3.48. The Balaban J connectivity index is 1.83. The molecule has 0 unspecified atom stereocenters. The summed E-state index contributed by atoms with van der Waals surface area (Å²) >= 11 is 0. The molecule has 0 bridgehead atoms. The number of benzene rings is 1. The number of carbonyl (C=O) groups excluding carboxylic acids is 1. The smallest absolute Gasteiger partial charge is 0.254 e. The first-order valence-corrected chi connectivity index (χ1v) is 7.89. The van der Waals surface area contributed by atoms with Crippen LogP contribution >= 0.6 is 0 Å². The molecule has 5 heteroatoms. The third kappa shape index (κ3) is 2.77. The molecule has 1 heterocycles. The molecule has 0 spiro atoms. The number of carbonyl (C=O) groups is 1. The number of hydrogen-bond acceptors (Lipinski definition) is 4. The Hall–Kier alpha value is -1.75. The van der Waals surface area contributed by atoms with Crippen molar-refractivity contribution in [2.24, 2.45) is 0 Å². The summed E-state index contributed by atoms with van der Waals surface area (Å²) in [6.45, 7) is 1.29. The zero-order valence-corrected chi connectivity index (χ0v) is 13.2. The number of methoxy groups -OCH3 is 2. The summed E-state index contributed by atoms with van der Waals surface area (Å²) in [4.78, 5) is 14.9. The van der Waals surface area contributed by atoms with Crippen LogP contribution < -0.4 is 9.47 Å². The highest BCUT2D eigenvalue weighted by Gasteiger charge is 2.37. The number of hydrogen-bond donors (Lipinski definition) is 0. The predicted molar refractivity (Wildman–Crippen MR) is 82.6 cm³/mol. The lowest BCUT2D eigenvalue weighted by molar-refractivity contribution is -0.0752. The van der Waals surface area contributed by atoms with E-state index in [1.807, 2.05) is 4.90 Å². The summed E-state index contributed by atoms with van der Waals surface area (Å²) in [6, 6.07) is 5.55. The maximum Gasteiger partial charge on any atom is 0.254 e. The molecular weight excluding hydrogens is 282 g/mol. The number of nitrogens with zero attached hydrogens (tertiary/aromatic N) is 1. The predicted octanol–water partition coefficient (Wildman–Crippen LogP) is 2.49. The van der Waals surface area contributed by atoms with E-state index >= 15 is 0 Å². The lowest BCUT2D eigenvalue weighted by atomic mass is 9.89. The first-order chi connectivity index (χ1) is 10.7. The Morgan fingerprint density at radius 2 is 1.95 bits per heavy atom. The minimum Gasteiger partial charge on any atom is -0.493 e. The van der Waals surface area contributed by atoms with E-state index in [-0.39, 0.29) is 18.1 Å². The van der Waals surface area contributed by atoms with Gasteiger partial charge in [0.25, 0.3) is 5.91 Å². The third-order valence-electron chi connectivity index (χ3n) is 4.62. The second kappa shape index (κ2) is 6.57. The largest absolute Gasteiger partial charge is 0.493 e. The highest BCUT2D eigenvalue weighted by molar-refractivity contribution is 5.95. The lowest BCUT2D eigenvalue weighted by Gasteiger charge is -2.43. The minimum atomic E-state index is 0.0566. The highest BCUT2D eigenvalue weighted by atomic mass is 16.5. The van der Waals surface area contributed by atoms with Gasteiger partial charge in [-0.3, -0.25) is 4.79 Å². The number of amides is 1. The molecule has 1 saturated carbocycles.